The molecule has 15 heavy (non-hydrogen) atoms. The lowest BCUT2D eigenvalue weighted by molar-refractivity contribution is -0.149. The molecule has 86 valence electrons. The van der Waals surface area contributed by atoms with Crippen LogP contribution in [0.25, 0.3) is 0 Å². The predicted octanol–water partition coefficient (Wildman–Crippen LogP) is 3.29. The Hall–Kier alpha value is -0.740. The van der Waals surface area contributed by atoms with Crippen LogP contribution >= 0.6 is 12.4 Å². The van der Waals surface area contributed by atoms with Crippen molar-refractivity contribution in [3.05, 3.63) is 34.9 Å². The second-order valence-corrected chi connectivity index (χ2v) is 3.32. The Morgan fingerprint density at radius 2 is 1.53 bits per heavy atom. The fourth-order valence-corrected chi connectivity index (χ4v) is 1.48. The number of halogens is 4. The van der Waals surface area contributed by atoms with Crippen molar-refractivity contribution >= 4 is 12.4 Å². The number of alkyl halides is 3. The molecule has 2 N–H and O–H groups in total. The van der Waals surface area contributed by atoms with Crippen LogP contribution in [0.15, 0.2) is 18.2 Å². The molecule has 0 saturated heterocycles. The summed E-state index contributed by atoms with van der Waals surface area (Å²) in [5.74, 6) is 0. The number of rotatable bonds is 1. The van der Waals surface area contributed by atoms with E-state index in [0.29, 0.717) is 11.1 Å². The van der Waals surface area contributed by atoms with Crippen molar-refractivity contribution in [3.8, 4) is 0 Å². The lowest BCUT2D eigenvalue weighted by Gasteiger charge is -2.19. The Labute approximate surface area is 92.9 Å². The maximum Gasteiger partial charge on any atom is 0.407 e. The zero-order chi connectivity index (χ0) is 10.9. The normalized spacial score (nSPS) is 13.2. The van der Waals surface area contributed by atoms with E-state index < -0.39 is 12.2 Å². The zero-order valence-electron chi connectivity index (χ0n) is 8.43. The van der Waals surface area contributed by atoms with Gasteiger partial charge in [-0.3, -0.25) is 0 Å². The molecule has 0 spiro atoms. The minimum atomic E-state index is -4.38. The average molecular weight is 240 g/mol. The first-order valence-corrected chi connectivity index (χ1v) is 4.22. The Bertz CT molecular complexity index is 316. The van der Waals surface area contributed by atoms with E-state index in [1.54, 1.807) is 32.0 Å². The minimum absolute atomic E-state index is 0. The largest absolute Gasteiger partial charge is 0.407 e. The quantitative estimate of drug-likeness (QED) is 0.800. The standard InChI is InChI=1S/C10H12F3N.ClH/c1-6-4-3-5-7(2)8(6)9(14)10(11,12)13;/h3-5,9H,14H2,1-2H3;1H/t9-;/m1./s1. The van der Waals surface area contributed by atoms with E-state index in [-0.39, 0.29) is 18.0 Å². The second-order valence-electron chi connectivity index (χ2n) is 3.32. The highest BCUT2D eigenvalue weighted by molar-refractivity contribution is 5.85. The molecule has 0 amide bonds. The Balaban J connectivity index is 0.00000196. The van der Waals surface area contributed by atoms with Gasteiger partial charge in [0.1, 0.15) is 6.04 Å². The molecule has 1 atom stereocenters. The molecule has 0 radical (unpaired) electrons. The molecule has 1 aromatic carbocycles. The molecule has 0 unspecified atom stereocenters. The lowest BCUT2D eigenvalue weighted by Crippen LogP contribution is -2.29. The second kappa shape index (κ2) is 4.86. The molecule has 0 fully saturated rings. The van der Waals surface area contributed by atoms with Gasteiger partial charge in [0.05, 0.1) is 0 Å². The van der Waals surface area contributed by atoms with Gasteiger partial charge in [-0.15, -0.1) is 12.4 Å². The van der Waals surface area contributed by atoms with Crippen LogP contribution in [-0.4, -0.2) is 6.18 Å². The van der Waals surface area contributed by atoms with Crippen molar-refractivity contribution < 1.29 is 13.2 Å². The van der Waals surface area contributed by atoms with E-state index in [0.717, 1.165) is 0 Å². The third kappa shape index (κ3) is 3.11. The van der Waals surface area contributed by atoms with Gasteiger partial charge >= 0.3 is 6.18 Å². The smallest absolute Gasteiger partial charge is 0.316 e. The van der Waals surface area contributed by atoms with Gasteiger partial charge in [-0.1, -0.05) is 18.2 Å². The van der Waals surface area contributed by atoms with Crippen LogP contribution in [0.2, 0.25) is 0 Å². The summed E-state index contributed by atoms with van der Waals surface area (Å²) >= 11 is 0. The molecule has 1 nitrogen and oxygen atoms in total. The van der Waals surface area contributed by atoms with Gasteiger partial charge in [-0.25, -0.2) is 0 Å². The number of benzene rings is 1. The van der Waals surface area contributed by atoms with Gasteiger partial charge in [-0.2, -0.15) is 13.2 Å². The zero-order valence-corrected chi connectivity index (χ0v) is 9.25. The van der Waals surface area contributed by atoms with E-state index in [1.807, 2.05) is 0 Å². The van der Waals surface area contributed by atoms with Crippen molar-refractivity contribution in [1.82, 2.24) is 0 Å². The van der Waals surface area contributed by atoms with Crippen molar-refractivity contribution in [3.63, 3.8) is 0 Å². The topological polar surface area (TPSA) is 26.0 Å². The van der Waals surface area contributed by atoms with Crippen LogP contribution in [0.3, 0.4) is 0 Å². The van der Waals surface area contributed by atoms with Crippen LogP contribution in [-0.2, 0) is 0 Å². The van der Waals surface area contributed by atoms with Crippen molar-refractivity contribution in [1.29, 1.82) is 0 Å². The van der Waals surface area contributed by atoms with E-state index >= 15 is 0 Å². The SMILES string of the molecule is Cc1cccc(C)c1[C@@H](N)C(F)(F)F.Cl. The van der Waals surface area contributed by atoms with E-state index in [4.69, 9.17) is 5.73 Å². The van der Waals surface area contributed by atoms with Gasteiger partial charge in [-0.05, 0) is 30.5 Å². The monoisotopic (exact) mass is 239 g/mol. The molecule has 5 heteroatoms. The van der Waals surface area contributed by atoms with Crippen LogP contribution in [0, 0.1) is 13.8 Å². The fourth-order valence-electron chi connectivity index (χ4n) is 1.48. The third-order valence-corrected chi connectivity index (χ3v) is 2.21. The molecule has 0 aliphatic rings. The summed E-state index contributed by atoms with van der Waals surface area (Å²) in [6, 6.07) is 3.10. The summed E-state index contributed by atoms with van der Waals surface area (Å²) in [5.41, 5.74) is 6.49. The maximum absolute atomic E-state index is 12.4. The summed E-state index contributed by atoms with van der Waals surface area (Å²) in [6.07, 6.45) is -4.38. The molecule has 0 saturated carbocycles. The molecule has 0 aliphatic heterocycles. The Morgan fingerprint density at radius 3 is 1.87 bits per heavy atom. The lowest BCUT2D eigenvalue weighted by atomic mass is 9.96. The molecule has 0 heterocycles. The number of aryl methyl sites for hydroxylation is 2. The highest BCUT2D eigenvalue weighted by Crippen LogP contribution is 2.33. The van der Waals surface area contributed by atoms with Gasteiger partial charge in [0.2, 0.25) is 0 Å². The van der Waals surface area contributed by atoms with Crippen LogP contribution in [0.4, 0.5) is 13.2 Å². The van der Waals surface area contributed by atoms with E-state index in [2.05, 4.69) is 0 Å². The number of hydrogen-bond acceptors (Lipinski definition) is 1. The molecule has 0 aromatic heterocycles. The first-order chi connectivity index (χ1) is 6.34. The summed E-state index contributed by atoms with van der Waals surface area (Å²) in [7, 11) is 0. The van der Waals surface area contributed by atoms with Gasteiger partial charge < -0.3 is 5.73 Å². The molecule has 1 aromatic rings. The van der Waals surface area contributed by atoms with Gasteiger partial charge in [0.25, 0.3) is 0 Å². The number of hydrogen-bond donors (Lipinski definition) is 1. The highest BCUT2D eigenvalue weighted by Gasteiger charge is 2.39. The van der Waals surface area contributed by atoms with Gasteiger partial charge in [0.15, 0.2) is 0 Å². The summed E-state index contributed by atoms with van der Waals surface area (Å²) in [5, 5.41) is 0. The van der Waals surface area contributed by atoms with Crippen molar-refractivity contribution in [2.24, 2.45) is 5.73 Å². The first-order valence-electron chi connectivity index (χ1n) is 4.22. The van der Waals surface area contributed by atoms with E-state index in [1.165, 1.54) is 0 Å². The molecular formula is C10H13ClF3N. The summed E-state index contributed by atoms with van der Waals surface area (Å²) in [4.78, 5) is 0. The molecule has 0 bridgehead atoms. The Morgan fingerprint density at radius 1 is 1.13 bits per heavy atom. The first kappa shape index (κ1) is 14.3. The average Bonchev–Trinajstić information content (AvgIpc) is 2.01. The number of nitrogens with two attached hydrogens (primary N) is 1. The summed E-state index contributed by atoms with van der Waals surface area (Å²) in [6.45, 7) is 3.27. The fraction of sp³-hybridized carbons (Fsp3) is 0.400. The maximum atomic E-state index is 12.4. The van der Waals surface area contributed by atoms with E-state index in [9.17, 15) is 13.2 Å². The van der Waals surface area contributed by atoms with Crippen molar-refractivity contribution in [2.75, 3.05) is 0 Å². The molecular weight excluding hydrogens is 227 g/mol. The minimum Gasteiger partial charge on any atom is -0.316 e. The predicted molar refractivity (Wildman–Crippen MR) is 56.1 cm³/mol. The molecule has 1 rings (SSSR count). The highest BCUT2D eigenvalue weighted by atomic mass is 35.5. The summed E-state index contributed by atoms with van der Waals surface area (Å²) < 4.78 is 37.1. The third-order valence-electron chi connectivity index (χ3n) is 2.21. The van der Waals surface area contributed by atoms with Crippen LogP contribution in [0.5, 0.6) is 0 Å². The van der Waals surface area contributed by atoms with Crippen LogP contribution in [0.1, 0.15) is 22.7 Å². The van der Waals surface area contributed by atoms with Gasteiger partial charge in [0, 0.05) is 0 Å². The molecule has 0 aliphatic carbocycles. The van der Waals surface area contributed by atoms with Crippen molar-refractivity contribution in [2.45, 2.75) is 26.1 Å². The Kier molecular flexibility index (Phi) is 4.62. The van der Waals surface area contributed by atoms with Crippen LogP contribution < -0.4 is 5.73 Å².